The number of piperidine rings is 1. The minimum atomic E-state index is -1.30. The quantitative estimate of drug-likeness (QED) is 0.543. The predicted octanol–water partition coefficient (Wildman–Crippen LogP) is -0.175. The number of carbonyl (C=O) groups is 4. The van der Waals surface area contributed by atoms with Gasteiger partial charge in [0.25, 0.3) is 5.91 Å². The summed E-state index contributed by atoms with van der Waals surface area (Å²) in [5, 5.41) is 24.3. The van der Waals surface area contributed by atoms with Crippen molar-refractivity contribution in [3.8, 4) is 0 Å². The van der Waals surface area contributed by atoms with Gasteiger partial charge in [0.05, 0.1) is 12.0 Å². The van der Waals surface area contributed by atoms with Gasteiger partial charge in [-0.2, -0.15) is 0 Å². The van der Waals surface area contributed by atoms with E-state index in [2.05, 4.69) is 10.6 Å². The second kappa shape index (κ2) is 6.52. The molecule has 4 N–H and O–H groups in total. The largest absolute Gasteiger partial charge is 0.481 e. The number of carboxylic acids is 1. The van der Waals surface area contributed by atoms with E-state index >= 15 is 0 Å². The molecule has 1 fully saturated rings. The highest BCUT2D eigenvalue weighted by Crippen LogP contribution is 2.38. The number of hydrogen-bond acceptors (Lipinski definition) is 6. The molecule has 2 atom stereocenters. The summed E-state index contributed by atoms with van der Waals surface area (Å²) in [5.74, 6) is -2.53. The molecule has 25 heavy (non-hydrogen) atoms. The fourth-order valence-corrected chi connectivity index (χ4v) is 3.12. The number of fused-ring (bicyclic) bond motifs is 1. The van der Waals surface area contributed by atoms with Crippen molar-refractivity contribution in [2.75, 3.05) is 11.9 Å². The summed E-state index contributed by atoms with van der Waals surface area (Å²) in [5.41, 5.74) is 0.956. The molecule has 2 heterocycles. The Labute approximate surface area is 142 Å². The van der Waals surface area contributed by atoms with Gasteiger partial charge < -0.3 is 15.5 Å². The summed E-state index contributed by atoms with van der Waals surface area (Å²) in [6.45, 7) is 0.119. The second-order valence-corrected chi connectivity index (χ2v) is 5.89. The number of aliphatic hydroxyl groups excluding tert-OH is 1. The number of benzene rings is 1. The number of aliphatic carboxylic acids is 1. The molecule has 1 saturated heterocycles. The summed E-state index contributed by atoms with van der Waals surface area (Å²) in [4.78, 5) is 47.8. The van der Waals surface area contributed by atoms with Gasteiger partial charge in [-0.25, -0.2) is 0 Å². The number of carboxylic acid groups (broad SMARTS) is 1. The molecule has 3 rings (SSSR count). The van der Waals surface area contributed by atoms with Gasteiger partial charge >= 0.3 is 5.97 Å². The molecule has 0 saturated carbocycles. The molecule has 9 heteroatoms. The molecule has 0 aromatic heterocycles. The van der Waals surface area contributed by atoms with Gasteiger partial charge in [-0.3, -0.25) is 29.4 Å². The third-order valence-corrected chi connectivity index (χ3v) is 4.29. The minimum absolute atomic E-state index is 0.0902. The van der Waals surface area contributed by atoms with Crippen LogP contribution in [0.15, 0.2) is 18.2 Å². The first-order valence-corrected chi connectivity index (χ1v) is 7.83. The topological polar surface area (TPSA) is 136 Å². The van der Waals surface area contributed by atoms with E-state index in [0.29, 0.717) is 11.3 Å². The maximum absolute atomic E-state index is 12.8. The van der Waals surface area contributed by atoms with Crippen LogP contribution in [-0.2, 0) is 14.4 Å². The van der Waals surface area contributed by atoms with Crippen molar-refractivity contribution in [1.82, 2.24) is 10.2 Å². The lowest BCUT2D eigenvalue weighted by Crippen LogP contribution is -2.53. The molecule has 0 spiro atoms. The van der Waals surface area contributed by atoms with Crippen LogP contribution in [0.2, 0.25) is 0 Å². The molecule has 0 bridgehead atoms. The number of imide groups is 1. The van der Waals surface area contributed by atoms with Crippen LogP contribution in [0.25, 0.3) is 0 Å². The number of anilines is 1. The van der Waals surface area contributed by atoms with E-state index in [0.717, 1.165) is 4.90 Å². The summed E-state index contributed by atoms with van der Waals surface area (Å²) in [6.07, 6.45) is -1.19. The molecule has 1 aromatic carbocycles. The molecule has 2 aliphatic rings. The number of rotatable bonds is 5. The average Bonchev–Trinajstić information content (AvgIpc) is 2.80. The van der Waals surface area contributed by atoms with Gasteiger partial charge in [0.15, 0.2) is 6.23 Å². The van der Waals surface area contributed by atoms with Crippen LogP contribution in [0.1, 0.15) is 41.4 Å². The lowest BCUT2D eigenvalue weighted by molar-refractivity contribution is -0.140. The number of hydrogen-bond donors (Lipinski definition) is 4. The summed E-state index contributed by atoms with van der Waals surface area (Å²) < 4.78 is 0. The molecular formula is C16H17N3O6. The van der Waals surface area contributed by atoms with Crippen LogP contribution in [0, 0.1) is 0 Å². The Bertz CT molecular complexity index is 762. The van der Waals surface area contributed by atoms with Crippen molar-refractivity contribution < 1.29 is 29.4 Å². The number of aliphatic hydroxyl groups is 1. The van der Waals surface area contributed by atoms with E-state index in [1.807, 2.05) is 0 Å². The molecule has 2 aliphatic heterocycles. The smallest absolute Gasteiger partial charge is 0.305 e. The third-order valence-electron chi connectivity index (χ3n) is 4.29. The van der Waals surface area contributed by atoms with E-state index in [4.69, 9.17) is 5.11 Å². The van der Waals surface area contributed by atoms with Crippen LogP contribution in [0.4, 0.5) is 5.69 Å². The lowest BCUT2D eigenvalue weighted by Gasteiger charge is -2.31. The Morgan fingerprint density at radius 1 is 1.32 bits per heavy atom. The zero-order chi connectivity index (χ0) is 18.1. The Morgan fingerprint density at radius 2 is 2.08 bits per heavy atom. The molecule has 132 valence electrons. The number of carbonyl (C=O) groups excluding carboxylic acids is 3. The number of amides is 3. The van der Waals surface area contributed by atoms with Crippen molar-refractivity contribution >= 4 is 29.4 Å². The molecule has 2 unspecified atom stereocenters. The zero-order valence-electron chi connectivity index (χ0n) is 13.2. The standard InChI is InChI=1S/C16H17N3O6/c20-11-5-4-10(14(23)18-11)19-15(24)8-2-1-3-9(13(8)16(19)25)17-7-6-12(21)22/h1-3,10,15,17,24H,4-7H2,(H,21,22)(H,18,20,23). The Balaban J connectivity index is 1.86. The molecular weight excluding hydrogens is 330 g/mol. The third kappa shape index (κ3) is 3.05. The lowest BCUT2D eigenvalue weighted by atomic mass is 10.0. The fraction of sp³-hybridized carbons (Fsp3) is 0.375. The second-order valence-electron chi connectivity index (χ2n) is 5.89. The van der Waals surface area contributed by atoms with Crippen LogP contribution in [-0.4, -0.2) is 51.4 Å². The normalized spacial score (nSPS) is 22.6. The molecule has 0 aliphatic carbocycles. The van der Waals surface area contributed by atoms with E-state index in [9.17, 15) is 24.3 Å². The SMILES string of the molecule is O=C(O)CCNc1cccc2c1C(=O)N(C1CCC(=O)NC1=O)C2O. The monoisotopic (exact) mass is 347 g/mol. The Morgan fingerprint density at radius 3 is 2.76 bits per heavy atom. The average molecular weight is 347 g/mol. The fourth-order valence-electron chi connectivity index (χ4n) is 3.12. The van der Waals surface area contributed by atoms with Crippen LogP contribution >= 0.6 is 0 Å². The summed E-state index contributed by atoms with van der Waals surface area (Å²) >= 11 is 0. The summed E-state index contributed by atoms with van der Waals surface area (Å²) in [6, 6.07) is 3.89. The van der Waals surface area contributed by atoms with Gasteiger partial charge in [0, 0.05) is 24.2 Å². The van der Waals surface area contributed by atoms with Crippen molar-refractivity contribution in [1.29, 1.82) is 0 Å². The number of nitrogens with one attached hydrogen (secondary N) is 2. The highest BCUT2D eigenvalue weighted by molar-refractivity contribution is 6.08. The first-order valence-electron chi connectivity index (χ1n) is 7.83. The Hall–Kier alpha value is -2.94. The minimum Gasteiger partial charge on any atom is -0.481 e. The van der Waals surface area contributed by atoms with E-state index < -0.39 is 36.0 Å². The van der Waals surface area contributed by atoms with Gasteiger partial charge in [-0.05, 0) is 12.5 Å². The van der Waals surface area contributed by atoms with Crippen molar-refractivity contribution in [3.63, 3.8) is 0 Å². The highest BCUT2D eigenvalue weighted by atomic mass is 16.4. The maximum Gasteiger partial charge on any atom is 0.305 e. The maximum atomic E-state index is 12.8. The molecule has 9 nitrogen and oxygen atoms in total. The first-order chi connectivity index (χ1) is 11.9. The van der Waals surface area contributed by atoms with Crippen LogP contribution < -0.4 is 10.6 Å². The molecule has 0 radical (unpaired) electrons. The molecule has 3 amide bonds. The van der Waals surface area contributed by atoms with Crippen LogP contribution in [0.5, 0.6) is 0 Å². The van der Waals surface area contributed by atoms with E-state index in [1.165, 1.54) is 0 Å². The summed E-state index contributed by atoms with van der Waals surface area (Å²) in [7, 11) is 0. The van der Waals surface area contributed by atoms with Crippen molar-refractivity contribution in [3.05, 3.63) is 29.3 Å². The van der Waals surface area contributed by atoms with E-state index in [-0.39, 0.29) is 31.4 Å². The van der Waals surface area contributed by atoms with Gasteiger partial charge in [0.2, 0.25) is 11.8 Å². The van der Waals surface area contributed by atoms with Gasteiger partial charge in [0.1, 0.15) is 6.04 Å². The Kier molecular flexibility index (Phi) is 4.41. The van der Waals surface area contributed by atoms with E-state index in [1.54, 1.807) is 18.2 Å². The molecule has 1 aromatic rings. The predicted molar refractivity (Wildman–Crippen MR) is 84.5 cm³/mol. The highest BCUT2D eigenvalue weighted by Gasteiger charge is 2.45. The van der Waals surface area contributed by atoms with Crippen LogP contribution in [0.3, 0.4) is 0 Å². The first kappa shape index (κ1) is 16.9. The zero-order valence-corrected chi connectivity index (χ0v) is 13.2. The van der Waals surface area contributed by atoms with Crippen molar-refractivity contribution in [2.24, 2.45) is 0 Å². The van der Waals surface area contributed by atoms with Crippen molar-refractivity contribution in [2.45, 2.75) is 31.5 Å². The number of nitrogens with zero attached hydrogens (tertiary/aromatic N) is 1. The van der Waals surface area contributed by atoms with Gasteiger partial charge in [-0.1, -0.05) is 12.1 Å². The van der Waals surface area contributed by atoms with Gasteiger partial charge in [-0.15, -0.1) is 0 Å².